The van der Waals surface area contributed by atoms with E-state index in [4.69, 9.17) is 0 Å². The van der Waals surface area contributed by atoms with Crippen molar-refractivity contribution < 1.29 is 9.59 Å². The van der Waals surface area contributed by atoms with Gasteiger partial charge >= 0.3 is 0 Å². The highest BCUT2D eigenvalue weighted by atomic mass is 16.2. The molecule has 0 saturated carbocycles. The third-order valence-electron chi connectivity index (χ3n) is 3.83. The first-order chi connectivity index (χ1) is 10.6. The SMILES string of the molecule is CCC(C)NC(=O)CN1CCN(C(=O)c2cnccn2)CC1. The normalized spacial score (nSPS) is 17.1. The van der Waals surface area contributed by atoms with E-state index in [2.05, 4.69) is 20.2 Å². The number of hydrogen-bond acceptors (Lipinski definition) is 5. The molecule has 0 bridgehead atoms. The van der Waals surface area contributed by atoms with Gasteiger partial charge in [-0.2, -0.15) is 0 Å². The maximum absolute atomic E-state index is 12.2. The summed E-state index contributed by atoms with van der Waals surface area (Å²) < 4.78 is 0. The zero-order valence-electron chi connectivity index (χ0n) is 13.2. The predicted octanol–water partition coefficient (Wildman–Crippen LogP) is 0.149. The van der Waals surface area contributed by atoms with Crippen molar-refractivity contribution >= 4 is 11.8 Å². The van der Waals surface area contributed by atoms with E-state index in [1.165, 1.54) is 12.4 Å². The van der Waals surface area contributed by atoms with Crippen molar-refractivity contribution in [1.82, 2.24) is 25.1 Å². The molecule has 1 fully saturated rings. The zero-order valence-corrected chi connectivity index (χ0v) is 13.2. The monoisotopic (exact) mass is 305 g/mol. The molecule has 0 radical (unpaired) electrons. The van der Waals surface area contributed by atoms with Crippen molar-refractivity contribution in [2.75, 3.05) is 32.7 Å². The van der Waals surface area contributed by atoms with Gasteiger partial charge in [0.25, 0.3) is 5.91 Å². The lowest BCUT2D eigenvalue weighted by Crippen LogP contribution is -2.51. The number of piperazine rings is 1. The molecule has 0 aliphatic carbocycles. The summed E-state index contributed by atoms with van der Waals surface area (Å²) in [5.74, 6) is -0.0557. The lowest BCUT2D eigenvalue weighted by molar-refractivity contribution is -0.123. The average Bonchev–Trinajstić information content (AvgIpc) is 2.55. The average molecular weight is 305 g/mol. The Hall–Kier alpha value is -2.02. The summed E-state index contributed by atoms with van der Waals surface area (Å²) in [6, 6.07) is 0.201. The summed E-state index contributed by atoms with van der Waals surface area (Å²) in [5, 5.41) is 2.96. The number of amides is 2. The fourth-order valence-electron chi connectivity index (χ4n) is 2.31. The van der Waals surface area contributed by atoms with E-state index < -0.39 is 0 Å². The molecule has 1 aromatic rings. The van der Waals surface area contributed by atoms with Gasteiger partial charge in [-0.1, -0.05) is 6.92 Å². The van der Waals surface area contributed by atoms with Crippen molar-refractivity contribution in [3.63, 3.8) is 0 Å². The molecule has 1 aliphatic rings. The number of nitrogens with zero attached hydrogens (tertiary/aromatic N) is 4. The Labute approximate surface area is 130 Å². The number of carbonyl (C=O) groups excluding carboxylic acids is 2. The van der Waals surface area contributed by atoms with E-state index in [9.17, 15) is 9.59 Å². The lowest BCUT2D eigenvalue weighted by Gasteiger charge is -2.34. The van der Waals surface area contributed by atoms with Crippen LogP contribution in [-0.4, -0.2) is 70.3 Å². The maximum Gasteiger partial charge on any atom is 0.274 e. The van der Waals surface area contributed by atoms with Gasteiger partial charge in [0, 0.05) is 44.6 Å². The van der Waals surface area contributed by atoms with Gasteiger partial charge < -0.3 is 10.2 Å². The molecule has 1 unspecified atom stereocenters. The summed E-state index contributed by atoms with van der Waals surface area (Å²) in [6.07, 6.45) is 5.47. The van der Waals surface area contributed by atoms with E-state index in [1.807, 2.05) is 13.8 Å². The molecule has 2 heterocycles. The third-order valence-corrected chi connectivity index (χ3v) is 3.83. The molecule has 1 atom stereocenters. The zero-order chi connectivity index (χ0) is 15.9. The van der Waals surface area contributed by atoms with Gasteiger partial charge in [0.2, 0.25) is 5.91 Å². The second-order valence-corrected chi connectivity index (χ2v) is 5.54. The summed E-state index contributed by atoms with van der Waals surface area (Å²) in [4.78, 5) is 35.9. The van der Waals surface area contributed by atoms with Crippen molar-refractivity contribution in [3.05, 3.63) is 24.3 Å². The first-order valence-corrected chi connectivity index (χ1v) is 7.67. The minimum Gasteiger partial charge on any atom is -0.353 e. The number of carbonyl (C=O) groups is 2. The minimum absolute atomic E-state index is 0.0445. The number of aromatic nitrogens is 2. The quantitative estimate of drug-likeness (QED) is 0.838. The molecule has 1 saturated heterocycles. The van der Waals surface area contributed by atoms with Crippen LogP contribution in [0.25, 0.3) is 0 Å². The largest absolute Gasteiger partial charge is 0.353 e. The third kappa shape index (κ3) is 4.49. The Morgan fingerprint density at radius 3 is 2.59 bits per heavy atom. The summed E-state index contributed by atoms with van der Waals surface area (Å²) >= 11 is 0. The molecule has 120 valence electrons. The second-order valence-electron chi connectivity index (χ2n) is 5.54. The van der Waals surface area contributed by atoms with Crippen LogP contribution in [0.15, 0.2) is 18.6 Å². The first-order valence-electron chi connectivity index (χ1n) is 7.67. The van der Waals surface area contributed by atoms with Gasteiger partial charge in [0.05, 0.1) is 12.7 Å². The molecule has 0 spiro atoms. The smallest absolute Gasteiger partial charge is 0.274 e. The van der Waals surface area contributed by atoms with Gasteiger partial charge in [0.15, 0.2) is 0 Å². The van der Waals surface area contributed by atoms with E-state index in [0.717, 1.165) is 6.42 Å². The van der Waals surface area contributed by atoms with Crippen molar-refractivity contribution in [1.29, 1.82) is 0 Å². The Morgan fingerprint density at radius 2 is 2.00 bits per heavy atom. The van der Waals surface area contributed by atoms with Crippen LogP contribution in [0.5, 0.6) is 0 Å². The van der Waals surface area contributed by atoms with Gasteiger partial charge in [-0.3, -0.25) is 19.5 Å². The van der Waals surface area contributed by atoms with Crippen LogP contribution in [0, 0.1) is 0 Å². The Balaban J connectivity index is 1.78. The summed E-state index contributed by atoms with van der Waals surface area (Å²) in [7, 11) is 0. The highest BCUT2D eigenvalue weighted by Gasteiger charge is 2.24. The first kappa shape index (κ1) is 16.4. The molecule has 1 aromatic heterocycles. The van der Waals surface area contributed by atoms with Gasteiger partial charge in [-0.15, -0.1) is 0 Å². The molecule has 2 amide bonds. The topological polar surface area (TPSA) is 78.4 Å². The molecule has 1 N–H and O–H groups in total. The van der Waals surface area contributed by atoms with Crippen molar-refractivity contribution in [2.45, 2.75) is 26.3 Å². The minimum atomic E-state index is -0.100. The lowest BCUT2D eigenvalue weighted by atomic mass is 10.2. The van der Waals surface area contributed by atoms with Crippen LogP contribution < -0.4 is 5.32 Å². The van der Waals surface area contributed by atoms with E-state index in [0.29, 0.717) is 38.4 Å². The molecular weight excluding hydrogens is 282 g/mol. The van der Waals surface area contributed by atoms with Crippen molar-refractivity contribution in [3.8, 4) is 0 Å². The standard InChI is InChI=1S/C15H23N5O2/c1-3-12(2)18-14(21)11-19-6-8-20(9-7-19)15(22)13-10-16-4-5-17-13/h4-5,10,12H,3,6-9,11H2,1-2H3,(H,18,21). The molecule has 7 heteroatoms. The second kappa shape index (κ2) is 7.84. The van der Waals surface area contributed by atoms with Crippen LogP contribution >= 0.6 is 0 Å². The number of hydrogen-bond donors (Lipinski definition) is 1. The van der Waals surface area contributed by atoms with E-state index in [1.54, 1.807) is 11.1 Å². The van der Waals surface area contributed by atoms with E-state index >= 15 is 0 Å². The highest BCUT2D eigenvalue weighted by molar-refractivity contribution is 5.92. The molecule has 1 aliphatic heterocycles. The number of nitrogens with one attached hydrogen (secondary N) is 1. The molecule has 7 nitrogen and oxygen atoms in total. The molecule has 2 rings (SSSR count). The highest BCUT2D eigenvalue weighted by Crippen LogP contribution is 2.06. The summed E-state index contributed by atoms with van der Waals surface area (Å²) in [6.45, 7) is 7.02. The molecule has 22 heavy (non-hydrogen) atoms. The number of rotatable bonds is 5. The molecular formula is C15H23N5O2. The Bertz CT molecular complexity index is 500. The van der Waals surface area contributed by atoms with Crippen LogP contribution in [0.2, 0.25) is 0 Å². The van der Waals surface area contributed by atoms with Crippen LogP contribution in [0.3, 0.4) is 0 Å². The van der Waals surface area contributed by atoms with Crippen LogP contribution in [-0.2, 0) is 4.79 Å². The fraction of sp³-hybridized carbons (Fsp3) is 0.600. The van der Waals surface area contributed by atoms with Crippen LogP contribution in [0.1, 0.15) is 30.8 Å². The maximum atomic E-state index is 12.2. The van der Waals surface area contributed by atoms with Gasteiger partial charge in [-0.05, 0) is 13.3 Å². The van der Waals surface area contributed by atoms with Crippen LogP contribution in [0.4, 0.5) is 0 Å². The predicted molar refractivity (Wildman–Crippen MR) is 82.3 cm³/mol. The fourth-order valence-corrected chi connectivity index (χ4v) is 2.31. The Kier molecular flexibility index (Phi) is 5.83. The van der Waals surface area contributed by atoms with E-state index in [-0.39, 0.29) is 17.9 Å². The van der Waals surface area contributed by atoms with Gasteiger partial charge in [0.1, 0.15) is 5.69 Å². The Morgan fingerprint density at radius 1 is 1.27 bits per heavy atom. The molecule has 0 aromatic carbocycles. The van der Waals surface area contributed by atoms with Crippen molar-refractivity contribution in [2.24, 2.45) is 0 Å². The summed E-state index contributed by atoms with van der Waals surface area (Å²) in [5.41, 5.74) is 0.366. The van der Waals surface area contributed by atoms with Gasteiger partial charge in [-0.25, -0.2) is 4.98 Å².